The molecule has 0 aliphatic heterocycles. The number of fused-ring (bicyclic) bond motifs is 2. The zero-order valence-electron chi connectivity index (χ0n) is 11.9. The predicted octanol–water partition coefficient (Wildman–Crippen LogP) is 5.46. The van der Waals surface area contributed by atoms with Crippen molar-refractivity contribution in [1.29, 1.82) is 0 Å². The van der Waals surface area contributed by atoms with Gasteiger partial charge in [-0.3, -0.25) is 0 Å². The Morgan fingerprint density at radius 3 is 1.62 bits per heavy atom. The maximum atomic E-state index is 2.21. The lowest BCUT2D eigenvalue weighted by Gasteiger charge is -2.06. The largest absolute Gasteiger partial charge is 0.0622 e. The zero-order chi connectivity index (χ0) is 14.3. The molecule has 0 aromatic rings. The minimum absolute atomic E-state index is 1.01. The fraction of sp³-hybridized carbons (Fsp3) is 0.0476. The Balaban J connectivity index is 1.87. The second kappa shape index (κ2) is 6.71. The first-order valence-electron chi connectivity index (χ1n) is 7.26. The van der Waals surface area contributed by atoms with Crippen molar-refractivity contribution < 1.29 is 0 Å². The molecule has 21 heavy (non-hydrogen) atoms. The second-order valence-electron chi connectivity index (χ2n) is 5.15. The Kier molecular flexibility index (Phi) is 4.28. The van der Waals surface area contributed by atoms with Crippen molar-refractivity contribution in [1.82, 2.24) is 0 Å². The van der Waals surface area contributed by atoms with Crippen LogP contribution >= 0.6 is 0 Å². The van der Waals surface area contributed by atoms with E-state index in [9.17, 15) is 0 Å². The molecular weight excluding hydrogens is 252 g/mol. The van der Waals surface area contributed by atoms with Gasteiger partial charge < -0.3 is 0 Å². The van der Waals surface area contributed by atoms with Gasteiger partial charge in [-0.1, -0.05) is 97.2 Å². The molecule has 0 saturated heterocycles. The molecule has 102 valence electrons. The van der Waals surface area contributed by atoms with Crippen LogP contribution in [-0.4, -0.2) is 0 Å². The summed E-state index contributed by atoms with van der Waals surface area (Å²) in [6, 6.07) is 0. The molecule has 0 atom stereocenters. The van der Waals surface area contributed by atoms with E-state index in [0.717, 1.165) is 6.42 Å². The number of hydrogen-bond acceptors (Lipinski definition) is 0. The average molecular weight is 270 g/mol. The summed E-state index contributed by atoms with van der Waals surface area (Å²) in [5.41, 5.74) is 5.10. The van der Waals surface area contributed by atoms with Gasteiger partial charge in [-0.05, 0) is 28.7 Å². The topological polar surface area (TPSA) is 0 Å². The van der Waals surface area contributed by atoms with Crippen molar-refractivity contribution in [3.8, 4) is 0 Å². The van der Waals surface area contributed by atoms with Crippen LogP contribution < -0.4 is 0 Å². The Hall–Kier alpha value is -2.60. The van der Waals surface area contributed by atoms with E-state index in [4.69, 9.17) is 0 Å². The third kappa shape index (κ3) is 3.93. The quantitative estimate of drug-likeness (QED) is 0.593. The fourth-order valence-corrected chi connectivity index (χ4v) is 2.33. The van der Waals surface area contributed by atoms with E-state index >= 15 is 0 Å². The van der Waals surface area contributed by atoms with E-state index in [-0.39, 0.29) is 0 Å². The van der Waals surface area contributed by atoms with Gasteiger partial charge in [0.2, 0.25) is 0 Å². The van der Waals surface area contributed by atoms with Crippen molar-refractivity contribution in [2.75, 3.05) is 0 Å². The molecule has 3 aliphatic carbocycles. The lowest BCUT2D eigenvalue weighted by atomic mass is 10.00. The molecule has 3 aliphatic rings. The molecule has 0 radical (unpaired) electrons. The van der Waals surface area contributed by atoms with Crippen molar-refractivity contribution in [2.45, 2.75) is 6.42 Å². The van der Waals surface area contributed by atoms with Crippen LogP contribution in [0.4, 0.5) is 0 Å². The summed E-state index contributed by atoms with van der Waals surface area (Å²) in [5, 5.41) is 0. The van der Waals surface area contributed by atoms with Crippen molar-refractivity contribution in [2.24, 2.45) is 0 Å². The molecule has 2 bridgehead atoms. The van der Waals surface area contributed by atoms with E-state index in [1.165, 1.54) is 22.3 Å². The lowest BCUT2D eigenvalue weighted by molar-refractivity contribution is 1.20. The van der Waals surface area contributed by atoms with Gasteiger partial charge in [0, 0.05) is 0 Å². The molecule has 0 unspecified atom stereocenters. The maximum absolute atomic E-state index is 2.21. The molecule has 0 spiro atoms. The monoisotopic (exact) mass is 270 g/mol. The first kappa shape index (κ1) is 13.4. The summed E-state index contributed by atoms with van der Waals surface area (Å²) in [5.74, 6) is 0. The fourth-order valence-electron chi connectivity index (χ4n) is 2.33. The third-order valence-electron chi connectivity index (χ3n) is 3.50. The summed E-state index contributed by atoms with van der Waals surface area (Å²) in [7, 11) is 0. The number of rotatable bonds is 1. The van der Waals surface area contributed by atoms with Gasteiger partial charge in [0.15, 0.2) is 0 Å². The van der Waals surface area contributed by atoms with Crippen LogP contribution in [0.15, 0.2) is 120 Å². The molecule has 0 N–H and O–H groups in total. The van der Waals surface area contributed by atoms with E-state index < -0.39 is 0 Å². The number of allylic oxidation sites excluding steroid dienone is 20. The summed E-state index contributed by atoms with van der Waals surface area (Å²) in [6.45, 7) is 0. The Morgan fingerprint density at radius 2 is 1.05 bits per heavy atom. The standard InChI is InChI=1S/C21H18/c1-2-4-8-18(7-3-1)11-12-19-13-15-20-9-5-6-10-21(17-20)16-14-19/h1-16H,17H2/b15-13-,16-14-. The first-order chi connectivity index (χ1) is 10.4. The first-order valence-corrected chi connectivity index (χ1v) is 7.26. The van der Waals surface area contributed by atoms with Crippen molar-refractivity contribution in [3.63, 3.8) is 0 Å². The van der Waals surface area contributed by atoms with Crippen LogP contribution in [0.25, 0.3) is 0 Å². The molecular formula is C21H18. The molecule has 0 saturated carbocycles. The maximum Gasteiger partial charge on any atom is -0.00258 e. The van der Waals surface area contributed by atoms with Crippen LogP contribution in [0.5, 0.6) is 0 Å². The molecule has 0 heteroatoms. The van der Waals surface area contributed by atoms with Crippen LogP contribution in [0.2, 0.25) is 0 Å². The highest BCUT2D eigenvalue weighted by molar-refractivity contribution is 5.49. The SMILES string of the molecule is C1=CC=CC(=CC=C2/C=C\C3=CC=CC=C(/C=C\2)C3)C=C1. The van der Waals surface area contributed by atoms with Crippen LogP contribution in [0.3, 0.4) is 0 Å². The predicted molar refractivity (Wildman–Crippen MR) is 91.8 cm³/mol. The normalized spacial score (nSPS) is 22.5. The van der Waals surface area contributed by atoms with Crippen molar-refractivity contribution in [3.05, 3.63) is 120 Å². The smallest absolute Gasteiger partial charge is 0.00258 e. The van der Waals surface area contributed by atoms with Crippen molar-refractivity contribution >= 4 is 0 Å². The highest BCUT2D eigenvalue weighted by Gasteiger charge is 2.02. The van der Waals surface area contributed by atoms with Gasteiger partial charge in [0.05, 0.1) is 0 Å². The average Bonchev–Trinajstić information content (AvgIpc) is 2.88. The van der Waals surface area contributed by atoms with E-state index in [1.54, 1.807) is 0 Å². The summed E-state index contributed by atoms with van der Waals surface area (Å²) < 4.78 is 0. The van der Waals surface area contributed by atoms with Gasteiger partial charge in [0.1, 0.15) is 0 Å². The highest BCUT2D eigenvalue weighted by atomic mass is 14.1. The highest BCUT2D eigenvalue weighted by Crippen LogP contribution is 2.21. The van der Waals surface area contributed by atoms with E-state index in [1.807, 2.05) is 12.2 Å². The van der Waals surface area contributed by atoms with E-state index in [0.29, 0.717) is 0 Å². The van der Waals surface area contributed by atoms with E-state index in [2.05, 4.69) is 85.1 Å². The molecule has 3 rings (SSSR count). The summed E-state index contributed by atoms with van der Waals surface area (Å²) in [4.78, 5) is 0. The second-order valence-corrected chi connectivity index (χ2v) is 5.15. The molecule has 0 fully saturated rings. The number of hydrogen-bond donors (Lipinski definition) is 0. The molecule has 0 amide bonds. The zero-order valence-corrected chi connectivity index (χ0v) is 11.9. The van der Waals surface area contributed by atoms with Crippen LogP contribution in [-0.2, 0) is 0 Å². The Morgan fingerprint density at radius 1 is 0.524 bits per heavy atom. The molecule has 0 nitrogen and oxygen atoms in total. The molecule has 0 aromatic carbocycles. The van der Waals surface area contributed by atoms with Crippen LogP contribution in [0, 0.1) is 0 Å². The molecule has 0 aromatic heterocycles. The van der Waals surface area contributed by atoms with Crippen LogP contribution in [0.1, 0.15) is 6.42 Å². The third-order valence-corrected chi connectivity index (χ3v) is 3.50. The Labute approximate surface area is 126 Å². The van der Waals surface area contributed by atoms with Gasteiger partial charge in [-0.25, -0.2) is 0 Å². The van der Waals surface area contributed by atoms with Gasteiger partial charge in [-0.15, -0.1) is 0 Å². The van der Waals surface area contributed by atoms with Gasteiger partial charge in [0.25, 0.3) is 0 Å². The minimum Gasteiger partial charge on any atom is -0.0622 e. The molecule has 0 heterocycles. The van der Waals surface area contributed by atoms with Gasteiger partial charge >= 0.3 is 0 Å². The minimum atomic E-state index is 1.01. The van der Waals surface area contributed by atoms with Gasteiger partial charge in [-0.2, -0.15) is 0 Å². The summed E-state index contributed by atoms with van der Waals surface area (Å²) >= 11 is 0. The lowest BCUT2D eigenvalue weighted by Crippen LogP contribution is -1.86. The Bertz CT molecular complexity index is 653. The summed E-state index contributed by atoms with van der Waals surface area (Å²) in [6.07, 6.45) is 35.1.